The third kappa shape index (κ3) is 7.48. The zero-order chi connectivity index (χ0) is 28.6. The van der Waals surface area contributed by atoms with E-state index in [1.54, 1.807) is 12.3 Å². The Bertz CT molecular complexity index is 1530. The van der Waals surface area contributed by atoms with Crippen molar-refractivity contribution < 1.29 is 24.6 Å². The Morgan fingerprint density at radius 1 is 1.05 bits per heavy atom. The molecule has 0 aliphatic rings. The summed E-state index contributed by atoms with van der Waals surface area (Å²) in [5, 5.41) is 28.1. The van der Waals surface area contributed by atoms with Gasteiger partial charge in [0.25, 0.3) is 0 Å². The van der Waals surface area contributed by atoms with Crippen LogP contribution in [0.5, 0.6) is 11.5 Å². The predicted octanol–water partition coefficient (Wildman–Crippen LogP) is 1.57. The minimum atomic E-state index is -1.11. The van der Waals surface area contributed by atoms with Crippen LogP contribution in [0.2, 0.25) is 0 Å². The Morgan fingerprint density at radius 3 is 2.62 bits per heavy atom. The van der Waals surface area contributed by atoms with Crippen LogP contribution in [0.25, 0.3) is 17.0 Å². The minimum Gasteiger partial charge on any atom is -0.504 e. The standard InChI is InChI=1S/C27H28BrN7O5/c28-17-2-3-19-16(11-32-21(19)9-17)5-6-31-25(38)13-33-27(40)22(7-15-1-4-23(36)24(37)8-15)35-26(39)20(29)10-18-12-30-14-34-18/h1-6,8-9,11-12,14,20,22,32,36-37H,7,10,13,29H2,(H,30,34)(H,31,38)(H,33,40)(H,35,39). The summed E-state index contributed by atoms with van der Waals surface area (Å²) in [5.74, 6) is -2.38. The Labute approximate surface area is 237 Å². The van der Waals surface area contributed by atoms with Gasteiger partial charge in [-0.3, -0.25) is 14.4 Å². The van der Waals surface area contributed by atoms with Crippen LogP contribution in [0.4, 0.5) is 0 Å². The van der Waals surface area contributed by atoms with Crippen molar-refractivity contribution in [2.24, 2.45) is 5.73 Å². The molecule has 0 bridgehead atoms. The number of H-pyrrole nitrogens is 2. The molecule has 9 N–H and O–H groups in total. The van der Waals surface area contributed by atoms with Gasteiger partial charge in [0.2, 0.25) is 17.7 Å². The number of imidazole rings is 1. The van der Waals surface area contributed by atoms with Gasteiger partial charge in [-0.2, -0.15) is 0 Å². The molecule has 0 aliphatic carbocycles. The summed E-state index contributed by atoms with van der Waals surface area (Å²) in [4.78, 5) is 48.1. The Kier molecular flexibility index (Phi) is 9.19. The van der Waals surface area contributed by atoms with Gasteiger partial charge in [-0.15, -0.1) is 0 Å². The topological polar surface area (TPSA) is 198 Å². The number of carbonyl (C=O) groups excluding carboxylic acids is 3. The fourth-order valence-electron chi connectivity index (χ4n) is 3.97. The molecule has 40 heavy (non-hydrogen) atoms. The van der Waals surface area contributed by atoms with Crippen molar-refractivity contribution in [2.45, 2.75) is 24.9 Å². The normalized spacial score (nSPS) is 12.8. The molecular formula is C27H28BrN7O5. The van der Waals surface area contributed by atoms with Gasteiger partial charge < -0.3 is 41.9 Å². The number of aromatic amines is 2. The molecule has 2 unspecified atom stereocenters. The van der Waals surface area contributed by atoms with E-state index in [4.69, 9.17) is 5.73 Å². The van der Waals surface area contributed by atoms with Gasteiger partial charge in [0.15, 0.2) is 11.5 Å². The number of phenols is 2. The number of rotatable bonds is 11. The van der Waals surface area contributed by atoms with Crippen molar-refractivity contribution in [1.82, 2.24) is 30.9 Å². The zero-order valence-corrected chi connectivity index (χ0v) is 22.7. The Hall–Kier alpha value is -4.62. The maximum absolute atomic E-state index is 13.0. The molecule has 0 aliphatic heterocycles. The van der Waals surface area contributed by atoms with Crippen molar-refractivity contribution >= 4 is 50.6 Å². The van der Waals surface area contributed by atoms with E-state index in [2.05, 4.69) is 46.8 Å². The average molecular weight is 610 g/mol. The number of amides is 3. The first-order valence-corrected chi connectivity index (χ1v) is 13.0. The van der Waals surface area contributed by atoms with Gasteiger partial charge in [0.1, 0.15) is 6.04 Å². The van der Waals surface area contributed by atoms with E-state index in [-0.39, 0.29) is 30.9 Å². The molecule has 4 aromatic rings. The highest BCUT2D eigenvalue weighted by Crippen LogP contribution is 2.25. The summed E-state index contributed by atoms with van der Waals surface area (Å²) in [6.07, 6.45) is 8.17. The molecule has 0 saturated carbocycles. The summed E-state index contributed by atoms with van der Waals surface area (Å²) in [6, 6.07) is 7.79. The lowest BCUT2D eigenvalue weighted by Gasteiger charge is -2.21. The number of aromatic hydroxyl groups is 2. The number of aromatic nitrogens is 3. The van der Waals surface area contributed by atoms with Crippen LogP contribution in [0.15, 0.2) is 65.8 Å². The smallest absolute Gasteiger partial charge is 0.243 e. The van der Waals surface area contributed by atoms with E-state index < -0.39 is 29.8 Å². The lowest BCUT2D eigenvalue weighted by atomic mass is 10.0. The number of carbonyl (C=O) groups is 3. The van der Waals surface area contributed by atoms with Crippen LogP contribution < -0.4 is 21.7 Å². The first-order valence-electron chi connectivity index (χ1n) is 12.2. The molecule has 0 fully saturated rings. The Balaban J connectivity index is 1.36. The van der Waals surface area contributed by atoms with Gasteiger partial charge in [-0.05, 0) is 35.9 Å². The van der Waals surface area contributed by atoms with E-state index in [9.17, 15) is 24.6 Å². The van der Waals surface area contributed by atoms with E-state index in [1.807, 2.05) is 24.4 Å². The summed E-state index contributed by atoms with van der Waals surface area (Å²) < 4.78 is 0.943. The van der Waals surface area contributed by atoms with Gasteiger partial charge in [0, 0.05) is 58.1 Å². The second-order valence-electron chi connectivity index (χ2n) is 9.03. The van der Waals surface area contributed by atoms with Crippen LogP contribution in [-0.4, -0.2) is 61.5 Å². The third-order valence-electron chi connectivity index (χ3n) is 6.05. The highest BCUT2D eigenvalue weighted by Gasteiger charge is 2.25. The summed E-state index contributed by atoms with van der Waals surface area (Å²) in [6.45, 7) is -0.350. The van der Waals surface area contributed by atoms with Crippen molar-refractivity contribution in [3.8, 4) is 11.5 Å². The molecular weight excluding hydrogens is 582 g/mol. The van der Waals surface area contributed by atoms with Crippen LogP contribution in [0, 0.1) is 0 Å². The maximum Gasteiger partial charge on any atom is 0.243 e. The van der Waals surface area contributed by atoms with Crippen molar-refractivity contribution in [2.75, 3.05) is 6.54 Å². The first-order chi connectivity index (χ1) is 19.2. The largest absolute Gasteiger partial charge is 0.504 e. The molecule has 2 heterocycles. The van der Waals surface area contributed by atoms with Crippen molar-refractivity contribution in [3.63, 3.8) is 0 Å². The quantitative estimate of drug-likeness (QED) is 0.118. The van der Waals surface area contributed by atoms with Gasteiger partial charge in [-0.25, -0.2) is 4.98 Å². The van der Waals surface area contributed by atoms with E-state index in [0.717, 1.165) is 20.9 Å². The fraction of sp³-hybridized carbons (Fsp3) is 0.185. The van der Waals surface area contributed by atoms with Crippen LogP contribution >= 0.6 is 15.9 Å². The molecule has 2 aromatic carbocycles. The molecule has 13 heteroatoms. The molecule has 2 atom stereocenters. The second-order valence-corrected chi connectivity index (χ2v) is 9.94. The van der Waals surface area contributed by atoms with Gasteiger partial charge in [-0.1, -0.05) is 28.1 Å². The lowest BCUT2D eigenvalue weighted by molar-refractivity contribution is -0.130. The molecule has 0 saturated heterocycles. The molecule has 0 spiro atoms. The van der Waals surface area contributed by atoms with E-state index >= 15 is 0 Å². The van der Waals surface area contributed by atoms with Crippen molar-refractivity contribution in [1.29, 1.82) is 0 Å². The number of benzene rings is 2. The SMILES string of the molecule is NC(Cc1cnc[nH]1)C(=O)NC(Cc1ccc(O)c(O)c1)C(=O)NCC(=O)NC=Cc1c[nH]c2cc(Br)ccc12. The van der Waals surface area contributed by atoms with Crippen molar-refractivity contribution in [3.05, 3.63) is 82.6 Å². The average Bonchev–Trinajstić information content (AvgIpc) is 3.58. The number of hydrogen-bond acceptors (Lipinski definition) is 7. The summed E-state index contributed by atoms with van der Waals surface area (Å²) in [5.41, 5.74) is 8.94. The van der Waals surface area contributed by atoms with E-state index in [1.165, 1.54) is 30.7 Å². The monoisotopic (exact) mass is 609 g/mol. The van der Waals surface area contributed by atoms with Crippen LogP contribution in [0.3, 0.4) is 0 Å². The number of phenolic OH excluding ortho intramolecular Hbond substituents is 2. The number of nitrogens with two attached hydrogens (primary N) is 1. The van der Waals surface area contributed by atoms with Crippen LogP contribution in [0.1, 0.15) is 16.8 Å². The maximum atomic E-state index is 13.0. The summed E-state index contributed by atoms with van der Waals surface area (Å²) >= 11 is 3.42. The Morgan fingerprint density at radius 2 is 1.88 bits per heavy atom. The lowest BCUT2D eigenvalue weighted by Crippen LogP contribution is -2.54. The van der Waals surface area contributed by atoms with Gasteiger partial charge >= 0.3 is 0 Å². The molecule has 12 nitrogen and oxygen atoms in total. The molecule has 3 amide bonds. The van der Waals surface area contributed by atoms with Gasteiger partial charge in [0.05, 0.1) is 18.9 Å². The predicted molar refractivity (Wildman–Crippen MR) is 152 cm³/mol. The molecule has 208 valence electrons. The zero-order valence-electron chi connectivity index (χ0n) is 21.1. The minimum absolute atomic E-state index is 0.0274. The molecule has 2 aromatic heterocycles. The first kappa shape index (κ1) is 28.4. The number of nitrogens with one attached hydrogen (secondary N) is 5. The number of halogens is 1. The number of fused-ring (bicyclic) bond motifs is 1. The summed E-state index contributed by atoms with van der Waals surface area (Å²) in [7, 11) is 0. The third-order valence-corrected chi connectivity index (χ3v) is 6.54. The number of hydrogen-bond donors (Lipinski definition) is 8. The van der Waals surface area contributed by atoms with E-state index in [0.29, 0.717) is 11.3 Å². The molecule has 4 rings (SSSR count). The molecule has 0 radical (unpaired) electrons. The highest BCUT2D eigenvalue weighted by atomic mass is 79.9. The fourth-order valence-corrected chi connectivity index (χ4v) is 4.33. The second kappa shape index (κ2) is 13.0. The highest BCUT2D eigenvalue weighted by molar-refractivity contribution is 9.10. The van der Waals surface area contributed by atoms with Crippen LogP contribution in [-0.2, 0) is 27.2 Å². The number of nitrogens with zero attached hydrogens (tertiary/aromatic N) is 1.